The number of fused-ring (bicyclic) bond motifs is 1. The van der Waals surface area contributed by atoms with Crippen LogP contribution in [-0.2, 0) is 11.3 Å². The Labute approximate surface area is 110 Å². The molecule has 19 heavy (non-hydrogen) atoms. The highest BCUT2D eigenvalue weighted by atomic mass is 16.4. The van der Waals surface area contributed by atoms with Crippen LogP contribution in [0.1, 0.15) is 6.92 Å². The lowest BCUT2D eigenvalue weighted by atomic mass is 10.2. The Balaban J connectivity index is 2.41. The second kappa shape index (κ2) is 5.27. The van der Waals surface area contributed by atoms with Gasteiger partial charge in [0.2, 0.25) is 5.91 Å². The van der Waals surface area contributed by atoms with Crippen molar-refractivity contribution in [1.29, 1.82) is 0 Å². The van der Waals surface area contributed by atoms with Gasteiger partial charge in [-0.25, -0.2) is 4.79 Å². The number of benzene rings is 1. The molecule has 0 aliphatic heterocycles. The molecule has 0 saturated heterocycles. The number of carbonyl (C=O) groups excluding carboxylic acids is 1. The molecule has 0 aliphatic rings. The molecule has 6 nitrogen and oxygen atoms in total. The summed E-state index contributed by atoms with van der Waals surface area (Å²) in [6, 6.07) is 5.15. The van der Waals surface area contributed by atoms with E-state index in [0.29, 0.717) is 23.3 Å². The largest absolute Gasteiger partial charge is 0.419 e. The fourth-order valence-electron chi connectivity index (χ4n) is 1.85. The maximum Gasteiger partial charge on any atom is 0.419 e. The van der Waals surface area contributed by atoms with Crippen molar-refractivity contribution in [2.75, 3.05) is 26.0 Å². The van der Waals surface area contributed by atoms with Crippen LogP contribution in [-0.4, -0.2) is 36.0 Å². The van der Waals surface area contributed by atoms with E-state index in [9.17, 15) is 9.59 Å². The zero-order chi connectivity index (χ0) is 14.0. The monoisotopic (exact) mass is 263 g/mol. The van der Waals surface area contributed by atoms with Crippen molar-refractivity contribution in [1.82, 2.24) is 9.47 Å². The standard InChI is InChI=1S/C13H17N3O3/c1-9(17)14-10-4-5-12-11(8-10)16(13(18)19-12)7-6-15(2)3/h4-5,8H,6-7H2,1-3H3,(H,14,17). The van der Waals surface area contributed by atoms with Crippen LogP contribution in [0.2, 0.25) is 0 Å². The highest BCUT2D eigenvalue weighted by molar-refractivity contribution is 5.91. The van der Waals surface area contributed by atoms with Gasteiger partial charge in [0.05, 0.1) is 5.52 Å². The lowest BCUT2D eigenvalue weighted by Crippen LogP contribution is -2.23. The summed E-state index contributed by atoms with van der Waals surface area (Å²) in [6.45, 7) is 2.72. The minimum Gasteiger partial charge on any atom is -0.408 e. The van der Waals surface area contributed by atoms with Gasteiger partial charge in [0.15, 0.2) is 5.58 Å². The average Bonchev–Trinajstić information content (AvgIpc) is 2.61. The summed E-state index contributed by atoms with van der Waals surface area (Å²) in [5, 5.41) is 2.69. The summed E-state index contributed by atoms with van der Waals surface area (Å²) in [6.07, 6.45) is 0. The van der Waals surface area contributed by atoms with Crippen molar-refractivity contribution in [3.63, 3.8) is 0 Å². The molecule has 0 bridgehead atoms. The Morgan fingerprint density at radius 3 is 2.79 bits per heavy atom. The molecule has 6 heteroatoms. The molecule has 1 heterocycles. The molecule has 0 radical (unpaired) electrons. The number of nitrogens with zero attached hydrogens (tertiary/aromatic N) is 2. The number of carbonyl (C=O) groups is 1. The molecule has 1 aromatic heterocycles. The summed E-state index contributed by atoms with van der Waals surface area (Å²) in [5.41, 5.74) is 1.87. The van der Waals surface area contributed by atoms with E-state index in [1.54, 1.807) is 22.8 Å². The van der Waals surface area contributed by atoms with Gasteiger partial charge in [-0.15, -0.1) is 0 Å². The van der Waals surface area contributed by atoms with Crippen molar-refractivity contribution in [2.24, 2.45) is 0 Å². The van der Waals surface area contributed by atoms with Crippen molar-refractivity contribution in [3.8, 4) is 0 Å². The lowest BCUT2D eigenvalue weighted by molar-refractivity contribution is -0.114. The van der Waals surface area contributed by atoms with Crippen LogP contribution in [0.25, 0.3) is 11.1 Å². The number of oxazole rings is 1. The maximum absolute atomic E-state index is 11.8. The Morgan fingerprint density at radius 2 is 2.16 bits per heavy atom. The second-order valence-electron chi connectivity index (χ2n) is 4.69. The fourth-order valence-corrected chi connectivity index (χ4v) is 1.85. The van der Waals surface area contributed by atoms with E-state index in [1.807, 2.05) is 19.0 Å². The number of aromatic nitrogens is 1. The van der Waals surface area contributed by atoms with E-state index >= 15 is 0 Å². The highest BCUT2D eigenvalue weighted by Gasteiger charge is 2.10. The van der Waals surface area contributed by atoms with Gasteiger partial charge in [-0.1, -0.05) is 0 Å². The Bertz CT molecular complexity index is 655. The first-order valence-corrected chi connectivity index (χ1v) is 6.03. The third-order valence-corrected chi connectivity index (χ3v) is 2.76. The van der Waals surface area contributed by atoms with Gasteiger partial charge in [0, 0.05) is 25.7 Å². The number of hydrogen-bond donors (Lipinski definition) is 1. The van der Waals surface area contributed by atoms with Crippen LogP contribution < -0.4 is 11.1 Å². The van der Waals surface area contributed by atoms with E-state index in [4.69, 9.17) is 4.42 Å². The number of likely N-dealkylation sites (N-methyl/N-ethyl adjacent to an activating group) is 1. The van der Waals surface area contributed by atoms with Gasteiger partial charge in [-0.2, -0.15) is 0 Å². The summed E-state index contributed by atoms with van der Waals surface area (Å²) in [4.78, 5) is 24.8. The molecule has 0 fully saturated rings. The summed E-state index contributed by atoms with van der Waals surface area (Å²) in [7, 11) is 3.88. The van der Waals surface area contributed by atoms with Gasteiger partial charge >= 0.3 is 5.76 Å². The zero-order valence-electron chi connectivity index (χ0n) is 11.3. The zero-order valence-corrected chi connectivity index (χ0v) is 11.3. The van der Waals surface area contributed by atoms with Crippen molar-refractivity contribution < 1.29 is 9.21 Å². The molecule has 102 valence electrons. The molecular formula is C13H17N3O3. The van der Waals surface area contributed by atoms with Crippen molar-refractivity contribution in [2.45, 2.75) is 13.5 Å². The number of nitrogens with one attached hydrogen (secondary N) is 1. The van der Waals surface area contributed by atoms with E-state index in [2.05, 4.69) is 5.32 Å². The molecule has 1 aromatic carbocycles. The third kappa shape index (κ3) is 3.03. The molecule has 0 atom stereocenters. The minimum absolute atomic E-state index is 0.148. The Hall–Kier alpha value is -2.08. The van der Waals surface area contributed by atoms with Crippen LogP contribution in [0.5, 0.6) is 0 Å². The predicted octanol–water partition coefficient (Wildman–Crippen LogP) is 1.11. The van der Waals surface area contributed by atoms with Gasteiger partial charge in [0.1, 0.15) is 0 Å². The van der Waals surface area contributed by atoms with Crippen molar-refractivity contribution >= 4 is 22.7 Å². The summed E-state index contributed by atoms with van der Waals surface area (Å²) >= 11 is 0. The third-order valence-electron chi connectivity index (χ3n) is 2.76. The summed E-state index contributed by atoms with van der Waals surface area (Å²) < 4.78 is 6.74. The first-order chi connectivity index (χ1) is 8.97. The first kappa shape index (κ1) is 13.4. The van der Waals surface area contributed by atoms with Gasteiger partial charge in [-0.05, 0) is 32.3 Å². The smallest absolute Gasteiger partial charge is 0.408 e. The van der Waals surface area contributed by atoms with Crippen LogP contribution in [0, 0.1) is 0 Å². The minimum atomic E-state index is -0.378. The molecule has 0 saturated carbocycles. The molecule has 0 spiro atoms. The second-order valence-corrected chi connectivity index (χ2v) is 4.69. The molecule has 0 aliphatic carbocycles. The van der Waals surface area contributed by atoms with Crippen LogP contribution in [0.15, 0.2) is 27.4 Å². The SMILES string of the molecule is CC(=O)Nc1ccc2oc(=O)n(CCN(C)C)c2c1. The van der Waals surface area contributed by atoms with Crippen LogP contribution >= 0.6 is 0 Å². The van der Waals surface area contributed by atoms with E-state index < -0.39 is 0 Å². The first-order valence-electron chi connectivity index (χ1n) is 6.03. The quantitative estimate of drug-likeness (QED) is 0.897. The lowest BCUT2D eigenvalue weighted by Gasteiger charge is -2.09. The normalized spacial score (nSPS) is 11.2. The van der Waals surface area contributed by atoms with E-state index in [1.165, 1.54) is 6.92 Å². The number of anilines is 1. The van der Waals surface area contributed by atoms with Gasteiger partial charge in [0.25, 0.3) is 0 Å². The maximum atomic E-state index is 11.8. The Morgan fingerprint density at radius 1 is 1.42 bits per heavy atom. The molecule has 0 unspecified atom stereocenters. The van der Waals surface area contributed by atoms with Crippen molar-refractivity contribution in [3.05, 3.63) is 28.7 Å². The summed E-state index contributed by atoms with van der Waals surface area (Å²) in [5.74, 6) is -0.526. The fraction of sp³-hybridized carbons (Fsp3) is 0.385. The van der Waals surface area contributed by atoms with Crippen LogP contribution in [0.3, 0.4) is 0 Å². The molecular weight excluding hydrogens is 246 g/mol. The van der Waals surface area contributed by atoms with Gasteiger partial charge < -0.3 is 14.6 Å². The molecule has 2 rings (SSSR count). The topological polar surface area (TPSA) is 67.5 Å². The highest BCUT2D eigenvalue weighted by Crippen LogP contribution is 2.18. The number of rotatable bonds is 4. The number of amides is 1. The molecule has 2 aromatic rings. The Kier molecular flexibility index (Phi) is 3.71. The number of hydrogen-bond acceptors (Lipinski definition) is 4. The van der Waals surface area contributed by atoms with E-state index in [-0.39, 0.29) is 11.7 Å². The van der Waals surface area contributed by atoms with Gasteiger partial charge in [-0.3, -0.25) is 9.36 Å². The predicted molar refractivity (Wildman–Crippen MR) is 73.3 cm³/mol. The van der Waals surface area contributed by atoms with Crippen LogP contribution in [0.4, 0.5) is 5.69 Å². The molecule has 1 N–H and O–H groups in total. The average molecular weight is 263 g/mol. The molecule has 1 amide bonds. The van der Waals surface area contributed by atoms with E-state index in [0.717, 1.165) is 6.54 Å².